The third-order valence-corrected chi connectivity index (χ3v) is 16.2. The van der Waals surface area contributed by atoms with Gasteiger partial charge < -0.3 is 14.4 Å². The van der Waals surface area contributed by atoms with E-state index in [0.717, 1.165) is 64.0 Å². The molecule has 3 nitrogen and oxygen atoms in total. The summed E-state index contributed by atoms with van der Waals surface area (Å²) in [4.78, 5) is 2.51. The molecule has 5 aliphatic rings. The summed E-state index contributed by atoms with van der Waals surface area (Å²) in [6, 6.07) is 74.3. The topological polar surface area (TPSA) is 21.7 Å². The fourth-order valence-corrected chi connectivity index (χ4v) is 13.6. The van der Waals surface area contributed by atoms with Crippen molar-refractivity contribution in [3.05, 3.63) is 263 Å². The molecule has 4 heteroatoms. The van der Waals surface area contributed by atoms with Crippen molar-refractivity contribution < 1.29 is 9.47 Å². The highest BCUT2D eigenvalue weighted by atomic mass is 32.1. The molecule has 310 valence electrons. The van der Waals surface area contributed by atoms with Crippen LogP contribution < -0.4 is 14.4 Å². The fraction of sp³-hybridized carbons (Fsp3) is 0.0645. The normalized spacial score (nSPS) is 17.3. The van der Waals surface area contributed by atoms with E-state index in [4.69, 9.17) is 9.47 Å². The number of thiophene rings is 1. The quantitative estimate of drug-likeness (QED) is 0.177. The number of ether oxygens (including phenoxy) is 2. The molecule has 0 bridgehead atoms. The third-order valence-electron chi connectivity index (χ3n) is 15.0. The molecule has 1 atom stereocenters. The van der Waals surface area contributed by atoms with Crippen molar-refractivity contribution >= 4 is 48.6 Å². The molecular formula is C62H39NO2S. The molecule has 0 N–H and O–H groups in total. The van der Waals surface area contributed by atoms with Crippen molar-refractivity contribution in [1.82, 2.24) is 0 Å². The van der Waals surface area contributed by atoms with Gasteiger partial charge in [-0.15, -0.1) is 11.3 Å². The second-order valence-corrected chi connectivity index (χ2v) is 19.2. The molecular weight excluding hydrogens is 823 g/mol. The number of benzene rings is 9. The lowest BCUT2D eigenvalue weighted by Gasteiger charge is -2.41. The van der Waals surface area contributed by atoms with Gasteiger partial charge in [0.15, 0.2) is 0 Å². The average Bonchev–Trinajstić information content (AvgIpc) is 3.99. The van der Waals surface area contributed by atoms with Gasteiger partial charge in [-0.1, -0.05) is 146 Å². The molecule has 9 aromatic carbocycles. The summed E-state index contributed by atoms with van der Waals surface area (Å²) >= 11 is 1.86. The van der Waals surface area contributed by atoms with E-state index in [-0.39, 0.29) is 0 Å². The highest BCUT2D eigenvalue weighted by Gasteiger charge is 2.53. The number of allylic oxidation sites excluding steroid dienone is 4. The van der Waals surface area contributed by atoms with Crippen LogP contribution in [0.15, 0.2) is 224 Å². The Labute approximate surface area is 386 Å². The molecule has 10 aromatic rings. The molecule has 0 saturated heterocycles. The van der Waals surface area contributed by atoms with Gasteiger partial charge in [0.05, 0.1) is 10.8 Å². The Balaban J connectivity index is 1.03. The Morgan fingerprint density at radius 2 is 0.879 bits per heavy atom. The smallest absolute Gasteiger partial charge is 0.132 e. The largest absolute Gasteiger partial charge is 0.461 e. The number of nitrogens with zero attached hydrogens (tertiary/aromatic N) is 1. The second kappa shape index (κ2) is 13.3. The lowest BCUT2D eigenvalue weighted by Crippen LogP contribution is -2.35. The van der Waals surface area contributed by atoms with Crippen LogP contribution in [-0.4, -0.2) is 0 Å². The first-order valence-corrected chi connectivity index (χ1v) is 23.8. The predicted molar refractivity (Wildman–Crippen MR) is 269 cm³/mol. The van der Waals surface area contributed by atoms with E-state index in [1.165, 1.54) is 75.8 Å². The van der Waals surface area contributed by atoms with Crippen LogP contribution in [0.4, 0.5) is 17.1 Å². The molecule has 2 aliphatic heterocycles. The van der Waals surface area contributed by atoms with Crippen molar-refractivity contribution in [1.29, 1.82) is 0 Å². The van der Waals surface area contributed by atoms with E-state index in [9.17, 15) is 0 Å². The Morgan fingerprint density at radius 3 is 1.56 bits per heavy atom. The van der Waals surface area contributed by atoms with Gasteiger partial charge in [0.2, 0.25) is 0 Å². The minimum absolute atomic E-state index is 0.554. The minimum Gasteiger partial charge on any atom is -0.461 e. The first-order valence-electron chi connectivity index (χ1n) is 23.0. The van der Waals surface area contributed by atoms with Crippen LogP contribution in [0, 0.1) is 0 Å². The molecule has 66 heavy (non-hydrogen) atoms. The molecule has 2 spiro atoms. The monoisotopic (exact) mass is 861 g/mol. The molecule has 0 saturated carbocycles. The Morgan fingerprint density at radius 1 is 0.394 bits per heavy atom. The summed E-state index contributed by atoms with van der Waals surface area (Å²) in [5, 5.41) is 2.55. The van der Waals surface area contributed by atoms with E-state index in [0.29, 0.717) is 0 Å². The van der Waals surface area contributed by atoms with Gasteiger partial charge in [0.1, 0.15) is 23.0 Å². The second-order valence-electron chi connectivity index (χ2n) is 18.1. The maximum atomic E-state index is 6.82. The van der Waals surface area contributed by atoms with Crippen molar-refractivity contribution in [2.45, 2.75) is 23.7 Å². The van der Waals surface area contributed by atoms with Crippen molar-refractivity contribution in [2.75, 3.05) is 4.90 Å². The van der Waals surface area contributed by atoms with E-state index >= 15 is 0 Å². The van der Waals surface area contributed by atoms with E-state index in [1.807, 2.05) is 11.3 Å². The third kappa shape index (κ3) is 4.61. The number of hydrogen-bond acceptors (Lipinski definition) is 4. The Hall–Kier alpha value is -7.92. The number of fused-ring (bicyclic) bond motifs is 20. The summed E-state index contributed by atoms with van der Waals surface area (Å²) in [6.07, 6.45) is 6.52. The standard InChI is InChI=1S/C62H39NO2S/c1-4-18-47-41(15-1)43-32-29-39(36-53(43)61(47)49-20-6-10-24-55(49)64-56-25-11-7-21-50(56)61)63(38-31-34-60-46(35-38)45-17-3-14-28-59(45)66-60)40-30-33-44-42-16-2-5-19-48(42)62(54(44)37-40)51-22-8-12-26-57(51)65-58-27-13-9-23-52(58)62/h1-12,14-26,28-37H,13,27H2. The number of hydrogen-bond donors (Lipinski definition) is 0. The first-order chi connectivity index (χ1) is 32.7. The lowest BCUT2D eigenvalue weighted by molar-refractivity contribution is 0.364. The van der Waals surface area contributed by atoms with E-state index in [1.54, 1.807) is 0 Å². The molecule has 3 aliphatic carbocycles. The van der Waals surface area contributed by atoms with Crippen molar-refractivity contribution in [3.8, 4) is 39.5 Å². The summed E-state index contributed by atoms with van der Waals surface area (Å²) in [5.41, 5.74) is 17.0. The van der Waals surface area contributed by atoms with Crippen LogP contribution in [0.5, 0.6) is 17.2 Å². The Kier molecular flexibility index (Phi) is 7.35. The zero-order chi connectivity index (χ0) is 43.1. The Bertz CT molecular complexity index is 3770. The zero-order valence-electron chi connectivity index (χ0n) is 35.8. The van der Waals surface area contributed by atoms with Crippen LogP contribution in [0.2, 0.25) is 0 Å². The van der Waals surface area contributed by atoms with Crippen LogP contribution >= 0.6 is 11.3 Å². The number of para-hydroxylation sites is 3. The van der Waals surface area contributed by atoms with Gasteiger partial charge in [-0.3, -0.25) is 0 Å². The molecule has 15 rings (SSSR count). The van der Waals surface area contributed by atoms with Crippen LogP contribution in [0.1, 0.15) is 51.8 Å². The van der Waals surface area contributed by atoms with Gasteiger partial charge in [0, 0.05) is 65.9 Å². The summed E-state index contributed by atoms with van der Waals surface area (Å²) in [6.45, 7) is 0. The number of anilines is 3. The van der Waals surface area contributed by atoms with Gasteiger partial charge in [-0.2, -0.15) is 0 Å². The van der Waals surface area contributed by atoms with Crippen LogP contribution in [0.25, 0.3) is 42.4 Å². The minimum atomic E-state index is -0.599. The zero-order valence-corrected chi connectivity index (χ0v) is 36.6. The van der Waals surface area contributed by atoms with Crippen LogP contribution in [0.3, 0.4) is 0 Å². The predicted octanol–water partition coefficient (Wildman–Crippen LogP) is 16.3. The van der Waals surface area contributed by atoms with E-state index in [2.05, 4.69) is 217 Å². The average molecular weight is 862 g/mol. The molecule has 0 fully saturated rings. The molecule has 0 amide bonds. The van der Waals surface area contributed by atoms with Crippen molar-refractivity contribution in [2.24, 2.45) is 0 Å². The summed E-state index contributed by atoms with van der Waals surface area (Å²) in [7, 11) is 0. The molecule has 3 heterocycles. The lowest BCUT2D eigenvalue weighted by atomic mass is 9.64. The van der Waals surface area contributed by atoms with Crippen molar-refractivity contribution in [3.63, 3.8) is 0 Å². The SMILES string of the molecule is C1=CC2=C(CC1)Oc1ccccc1C21c2ccccc2-c2ccc(N(c3ccc4c(c3)C3(c5ccccc5Oc5ccccc53)c3ccccc3-4)c3ccc4sc5ccccc5c4c3)cc21. The molecule has 1 aromatic heterocycles. The molecule has 0 radical (unpaired) electrons. The number of rotatable bonds is 3. The summed E-state index contributed by atoms with van der Waals surface area (Å²) < 4.78 is 16.1. The van der Waals surface area contributed by atoms with Gasteiger partial charge in [0.25, 0.3) is 0 Å². The van der Waals surface area contributed by atoms with Crippen LogP contribution in [-0.2, 0) is 10.8 Å². The maximum Gasteiger partial charge on any atom is 0.132 e. The highest BCUT2D eigenvalue weighted by Crippen LogP contribution is 2.64. The van der Waals surface area contributed by atoms with Gasteiger partial charge >= 0.3 is 0 Å². The highest BCUT2D eigenvalue weighted by molar-refractivity contribution is 7.25. The summed E-state index contributed by atoms with van der Waals surface area (Å²) in [5.74, 6) is 3.78. The fourth-order valence-electron chi connectivity index (χ4n) is 12.5. The van der Waals surface area contributed by atoms with Gasteiger partial charge in [-0.25, -0.2) is 0 Å². The van der Waals surface area contributed by atoms with Gasteiger partial charge in [-0.05, 0) is 118 Å². The van der Waals surface area contributed by atoms with E-state index < -0.39 is 10.8 Å². The maximum absolute atomic E-state index is 6.82. The first kappa shape index (κ1) is 36.4. The molecule has 1 unspecified atom stereocenters.